The summed E-state index contributed by atoms with van der Waals surface area (Å²) in [5, 5.41) is 3.17. The Hall–Kier alpha value is -0.390. The fourth-order valence-corrected chi connectivity index (χ4v) is 3.22. The molecule has 14 heavy (non-hydrogen) atoms. The molecule has 3 nitrogen and oxygen atoms in total. The van der Waals surface area contributed by atoms with Crippen LogP contribution < -0.4 is 5.32 Å². The highest BCUT2D eigenvalue weighted by Crippen LogP contribution is 2.30. The van der Waals surface area contributed by atoms with Gasteiger partial charge in [-0.3, -0.25) is 4.40 Å². The van der Waals surface area contributed by atoms with Crippen LogP contribution in [0.1, 0.15) is 17.1 Å². The molecule has 0 saturated carbocycles. The van der Waals surface area contributed by atoms with E-state index in [1.54, 1.807) is 11.3 Å². The van der Waals surface area contributed by atoms with Crippen molar-refractivity contribution in [2.75, 3.05) is 7.05 Å². The van der Waals surface area contributed by atoms with E-state index in [9.17, 15) is 0 Å². The second kappa shape index (κ2) is 3.64. The van der Waals surface area contributed by atoms with Crippen LogP contribution in [0.2, 0.25) is 0 Å². The number of nitrogens with zero attached hydrogens (tertiary/aromatic N) is 2. The smallest absolute Gasteiger partial charge is 0.195 e. The van der Waals surface area contributed by atoms with Gasteiger partial charge in [0.15, 0.2) is 4.96 Å². The lowest BCUT2D eigenvalue weighted by Gasteiger charge is -2.01. The first-order valence-electron chi connectivity index (χ1n) is 4.42. The van der Waals surface area contributed by atoms with E-state index in [2.05, 4.69) is 37.6 Å². The molecule has 76 valence electrons. The molecule has 0 amide bonds. The van der Waals surface area contributed by atoms with Crippen LogP contribution in [-0.4, -0.2) is 16.4 Å². The van der Waals surface area contributed by atoms with E-state index in [1.807, 2.05) is 14.0 Å². The number of hydrogen-bond donors (Lipinski definition) is 1. The van der Waals surface area contributed by atoms with Gasteiger partial charge in [0, 0.05) is 12.2 Å². The monoisotopic (exact) mass is 273 g/mol. The number of rotatable bonds is 2. The largest absolute Gasteiger partial charge is 0.314 e. The second-order valence-corrected chi connectivity index (χ2v) is 5.55. The van der Waals surface area contributed by atoms with E-state index >= 15 is 0 Å². The van der Waals surface area contributed by atoms with E-state index in [0.717, 1.165) is 21.0 Å². The topological polar surface area (TPSA) is 29.3 Å². The molecular formula is C9H12BrN3S. The number of aryl methyl sites for hydroxylation is 2. The summed E-state index contributed by atoms with van der Waals surface area (Å²) in [7, 11) is 1.95. The van der Waals surface area contributed by atoms with Gasteiger partial charge in [0.25, 0.3) is 0 Å². The second-order valence-electron chi connectivity index (χ2n) is 3.25. The van der Waals surface area contributed by atoms with Gasteiger partial charge in [-0.05, 0) is 36.8 Å². The third-order valence-corrected chi connectivity index (χ3v) is 4.15. The maximum Gasteiger partial charge on any atom is 0.195 e. The summed E-state index contributed by atoms with van der Waals surface area (Å²) in [4.78, 5) is 5.57. The molecule has 0 aliphatic heterocycles. The maximum atomic E-state index is 4.50. The van der Waals surface area contributed by atoms with E-state index in [-0.39, 0.29) is 0 Å². The summed E-state index contributed by atoms with van der Waals surface area (Å²) in [6.45, 7) is 5.01. The highest BCUT2D eigenvalue weighted by molar-refractivity contribution is 9.11. The normalized spacial score (nSPS) is 11.4. The average molecular weight is 274 g/mol. The number of hydrogen-bond acceptors (Lipinski definition) is 3. The molecule has 0 spiro atoms. The van der Waals surface area contributed by atoms with Crippen molar-refractivity contribution in [2.45, 2.75) is 20.4 Å². The summed E-state index contributed by atoms with van der Waals surface area (Å²) in [5.74, 6) is 0. The number of thiazole rings is 1. The zero-order valence-corrected chi connectivity index (χ0v) is 10.8. The first-order chi connectivity index (χ1) is 6.65. The molecule has 0 saturated heterocycles. The number of halogens is 1. The Morgan fingerprint density at radius 3 is 2.86 bits per heavy atom. The van der Waals surface area contributed by atoms with Gasteiger partial charge in [0.05, 0.1) is 15.2 Å². The Morgan fingerprint density at radius 1 is 1.50 bits per heavy atom. The maximum absolute atomic E-state index is 4.50. The number of imidazole rings is 1. The number of nitrogens with one attached hydrogen (secondary N) is 1. The van der Waals surface area contributed by atoms with Crippen molar-refractivity contribution in [1.82, 2.24) is 14.7 Å². The summed E-state index contributed by atoms with van der Waals surface area (Å²) < 4.78 is 3.37. The van der Waals surface area contributed by atoms with Crippen LogP contribution in [0.5, 0.6) is 0 Å². The molecule has 0 aliphatic rings. The molecule has 0 unspecified atom stereocenters. The van der Waals surface area contributed by atoms with Gasteiger partial charge in [-0.2, -0.15) is 0 Å². The standard InChI is InChI=1S/C9H12BrN3S/c1-5-6(2)13-7(4-11-3)8(10)14-9(13)12-5/h11H,4H2,1-3H3. The molecule has 0 atom stereocenters. The lowest BCUT2D eigenvalue weighted by atomic mass is 10.4. The van der Waals surface area contributed by atoms with Gasteiger partial charge in [0.1, 0.15) is 0 Å². The van der Waals surface area contributed by atoms with Gasteiger partial charge >= 0.3 is 0 Å². The zero-order valence-electron chi connectivity index (χ0n) is 8.39. The fourth-order valence-electron chi connectivity index (χ4n) is 1.51. The summed E-state index contributed by atoms with van der Waals surface area (Å²) >= 11 is 5.25. The molecule has 0 aromatic carbocycles. The summed E-state index contributed by atoms with van der Waals surface area (Å²) in [6, 6.07) is 0. The number of aromatic nitrogens is 2. The van der Waals surface area contributed by atoms with Crippen molar-refractivity contribution in [3.63, 3.8) is 0 Å². The Bertz CT molecular complexity index is 472. The molecule has 5 heteroatoms. The minimum atomic E-state index is 0.858. The SMILES string of the molecule is CNCc1c(Br)sc2nc(C)c(C)n12. The highest BCUT2D eigenvalue weighted by atomic mass is 79.9. The van der Waals surface area contributed by atoms with E-state index < -0.39 is 0 Å². The van der Waals surface area contributed by atoms with Crippen molar-refractivity contribution in [2.24, 2.45) is 0 Å². The molecule has 0 bridgehead atoms. The van der Waals surface area contributed by atoms with E-state index in [1.165, 1.54) is 11.4 Å². The molecule has 2 aromatic heterocycles. The van der Waals surface area contributed by atoms with Gasteiger partial charge < -0.3 is 5.32 Å². The van der Waals surface area contributed by atoms with Crippen molar-refractivity contribution >= 4 is 32.2 Å². The van der Waals surface area contributed by atoms with Crippen molar-refractivity contribution in [3.05, 3.63) is 20.9 Å². The summed E-state index contributed by atoms with van der Waals surface area (Å²) in [5.41, 5.74) is 3.60. The highest BCUT2D eigenvalue weighted by Gasteiger charge is 2.14. The Balaban J connectivity index is 2.71. The quantitative estimate of drug-likeness (QED) is 0.911. The van der Waals surface area contributed by atoms with Crippen LogP contribution >= 0.6 is 27.3 Å². The van der Waals surface area contributed by atoms with Crippen LogP contribution in [0.25, 0.3) is 4.96 Å². The molecule has 0 aliphatic carbocycles. The number of fused-ring (bicyclic) bond motifs is 1. The Labute approximate surface area is 95.3 Å². The molecule has 1 N–H and O–H groups in total. The molecule has 2 aromatic rings. The third kappa shape index (κ3) is 1.39. The van der Waals surface area contributed by atoms with Crippen molar-refractivity contribution in [3.8, 4) is 0 Å². The molecule has 0 radical (unpaired) electrons. The van der Waals surface area contributed by atoms with Crippen LogP contribution in [0.3, 0.4) is 0 Å². The zero-order chi connectivity index (χ0) is 10.3. The predicted octanol–water partition coefficient (Wildman–Crippen LogP) is 2.49. The molecular weight excluding hydrogens is 262 g/mol. The van der Waals surface area contributed by atoms with E-state index in [0.29, 0.717) is 0 Å². The predicted molar refractivity (Wildman–Crippen MR) is 63.0 cm³/mol. The fraction of sp³-hybridized carbons (Fsp3) is 0.444. The van der Waals surface area contributed by atoms with Gasteiger partial charge in [-0.25, -0.2) is 4.98 Å². The van der Waals surface area contributed by atoms with Crippen LogP contribution in [0, 0.1) is 13.8 Å². The minimum Gasteiger partial charge on any atom is -0.314 e. The summed E-state index contributed by atoms with van der Waals surface area (Å²) in [6.07, 6.45) is 0. The molecule has 2 rings (SSSR count). The molecule has 2 heterocycles. The Kier molecular flexibility index (Phi) is 2.64. The Morgan fingerprint density at radius 2 is 2.21 bits per heavy atom. The third-order valence-electron chi connectivity index (χ3n) is 2.34. The van der Waals surface area contributed by atoms with Crippen molar-refractivity contribution in [1.29, 1.82) is 0 Å². The van der Waals surface area contributed by atoms with Gasteiger partial charge in [-0.1, -0.05) is 11.3 Å². The van der Waals surface area contributed by atoms with Gasteiger partial charge in [-0.15, -0.1) is 0 Å². The molecule has 0 fully saturated rings. The minimum absolute atomic E-state index is 0.858. The van der Waals surface area contributed by atoms with E-state index in [4.69, 9.17) is 0 Å². The lowest BCUT2D eigenvalue weighted by molar-refractivity contribution is 0.775. The first kappa shape index (κ1) is 10.1. The van der Waals surface area contributed by atoms with Crippen LogP contribution in [0.15, 0.2) is 3.79 Å². The van der Waals surface area contributed by atoms with Crippen LogP contribution in [-0.2, 0) is 6.54 Å². The first-order valence-corrected chi connectivity index (χ1v) is 6.03. The van der Waals surface area contributed by atoms with Gasteiger partial charge in [0.2, 0.25) is 0 Å². The van der Waals surface area contributed by atoms with Crippen molar-refractivity contribution < 1.29 is 0 Å². The van der Waals surface area contributed by atoms with Crippen LogP contribution in [0.4, 0.5) is 0 Å². The average Bonchev–Trinajstić information content (AvgIpc) is 2.55. The lowest BCUT2D eigenvalue weighted by Crippen LogP contribution is -2.08.